The number of amides is 1. The lowest BCUT2D eigenvalue weighted by Crippen LogP contribution is -2.42. The fraction of sp³-hybridized carbons (Fsp3) is 0.524. The first-order chi connectivity index (χ1) is 12.9. The second-order valence-corrected chi connectivity index (χ2v) is 7.92. The maximum atomic E-state index is 12.2. The summed E-state index contributed by atoms with van der Waals surface area (Å²) in [7, 11) is 1.65. The number of ether oxygens (including phenoxy) is 3. The maximum Gasteiger partial charge on any atom is 0.410 e. The van der Waals surface area contributed by atoms with Gasteiger partial charge in [-0.05, 0) is 63.1 Å². The van der Waals surface area contributed by atoms with E-state index in [0.29, 0.717) is 31.5 Å². The van der Waals surface area contributed by atoms with Crippen molar-refractivity contribution < 1.29 is 19.0 Å². The molecule has 0 N–H and O–H groups in total. The molecule has 1 aromatic carbocycles. The third kappa shape index (κ3) is 5.02. The summed E-state index contributed by atoms with van der Waals surface area (Å²) in [5.41, 5.74) is -0.460. The van der Waals surface area contributed by atoms with Crippen LogP contribution in [0.2, 0.25) is 0 Å². The Morgan fingerprint density at radius 3 is 2.63 bits per heavy atom. The summed E-state index contributed by atoms with van der Waals surface area (Å²) in [6.07, 6.45) is 3.32. The Bertz CT molecular complexity index is 792. The summed E-state index contributed by atoms with van der Waals surface area (Å²) in [5, 5.41) is 2.02. The number of rotatable bonds is 4. The second kappa shape index (κ2) is 8.03. The van der Waals surface area contributed by atoms with E-state index in [-0.39, 0.29) is 6.09 Å². The van der Waals surface area contributed by atoms with Crippen LogP contribution in [0.1, 0.15) is 33.6 Å². The molecule has 1 aliphatic rings. The minimum Gasteiger partial charge on any atom is -0.497 e. The molecule has 0 saturated carbocycles. The van der Waals surface area contributed by atoms with Crippen LogP contribution in [0.4, 0.5) is 4.79 Å². The molecule has 0 spiro atoms. The number of likely N-dealkylation sites (tertiary alicyclic amines) is 1. The first kappa shape index (κ1) is 19.3. The summed E-state index contributed by atoms with van der Waals surface area (Å²) >= 11 is 0. The predicted octanol–water partition coefficient (Wildman–Crippen LogP) is 4.27. The average molecular weight is 372 g/mol. The van der Waals surface area contributed by atoms with Gasteiger partial charge in [0.1, 0.15) is 11.4 Å². The highest BCUT2D eigenvalue weighted by atomic mass is 16.6. The van der Waals surface area contributed by atoms with Gasteiger partial charge in [0.05, 0.1) is 13.7 Å². The van der Waals surface area contributed by atoms with E-state index in [4.69, 9.17) is 14.2 Å². The number of piperidine rings is 1. The minimum atomic E-state index is -0.460. The molecule has 0 unspecified atom stereocenters. The molecule has 6 nitrogen and oxygen atoms in total. The number of fused-ring (bicyclic) bond motifs is 1. The number of benzene rings is 1. The van der Waals surface area contributed by atoms with E-state index in [9.17, 15) is 4.79 Å². The number of methoxy groups -OCH3 is 1. The van der Waals surface area contributed by atoms with Gasteiger partial charge in [-0.15, -0.1) is 0 Å². The minimum absolute atomic E-state index is 0.232. The summed E-state index contributed by atoms with van der Waals surface area (Å²) in [5.74, 6) is 1.80. The fourth-order valence-corrected chi connectivity index (χ4v) is 3.17. The smallest absolute Gasteiger partial charge is 0.410 e. The van der Waals surface area contributed by atoms with Crippen LogP contribution in [-0.2, 0) is 4.74 Å². The topological polar surface area (TPSA) is 60.9 Å². The summed E-state index contributed by atoms with van der Waals surface area (Å²) in [6, 6.07) is 7.84. The molecular formula is C21H28N2O4. The van der Waals surface area contributed by atoms with Gasteiger partial charge < -0.3 is 19.1 Å². The maximum absolute atomic E-state index is 12.2. The summed E-state index contributed by atoms with van der Waals surface area (Å²) < 4.78 is 16.8. The van der Waals surface area contributed by atoms with Crippen molar-refractivity contribution in [1.29, 1.82) is 0 Å². The van der Waals surface area contributed by atoms with Crippen LogP contribution >= 0.6 is 0 Å². The van der Waals surface area contributed by atoms with Crippen LogP contribution in [0.3, 0.4) is 0 Å². The highest BCUT2D eigenvalue weighted by Gasteiger charge is 2.27. The van der Waals surface area contributed by atoms with Gasteiger partial charge in [0.15, 0.2) is 0 Å². The van der Waals surface area contributed by atoms with Gasteiger partial charge in [-0.2, -0.15) is 0 Å². The first-order valence-corrected chi connectivity index (χ1v) is 9.39. The Balaban J connectivity index is 1.56. The van der Waals surface area contributed by atoms with E-state index in [1.165, 1.54) is 0 Å². The third-order valence-corrected chi connectivity index (χ3v) is 4.66. The molecule has 1 amide bonds. The van der Waals surface area contributed by atoms with Gasteiger partial charge in [0.2, 0.25) is 5.88 Å². The van der Waals surface area contributed by atoms with Crippen molar-refractivity contribution in [2.45, 2.75) is 39.2 Å². The molecule has 2 heterocycles. The summed E-state index contributed by atoms with van der Waals surface area (Å²) in [6.45, 7) is 7.64. The van der Waals surface area contributed by atoms with E-state index in [2.05, 4.69) is 4.98 Å². The van der Waals surface area contributed by atoms with Crippen molar-refractivity contribution >= 4 is 16.9 Å². The van der Waals surface area contributed by atoms with E-state index in [1.807, 2.05) is 45.0 Å². The normalized spacial score (nSPS) is 15.6. The van der Waals surface area contributed by atoms with E-state index >= 15 is 0 Å². The number of nitrogens with zero attached hydrogens (tertiary/aromatic N) is 2. The molecule has 1 saturated heterocycles. The monoisotopic (exact) mass is 372 g/mol. The molecule has 0 radical (unpaired) electrons. The van der Waals surface area contributed by atoms with Crippen molar-refractivity contribution in [3.63, 3.8) is 0 Å². The molecule has 1 aromatic heterocycles. The van der Waals surface area contributed by atoms with Crippen molar-refractivity contribution in [1.82, 2.24) is 9.88 Å². The number of hydrogen-bond donors (Lipinski definition) is 0. The van der Waals surface area contributed by atoms with Crippen molar-refractivity contribution in [3.05, 3.63) is 30.5 Å². The molecule has 0 atom stereocenters. The molecular weight excluding hydrogens is 344 g/mol. The van der Waals surface area contributed by atoms with Crippen LogP contribution in [-0.4, -0.2) is 48.4 Å². The second-order valence-electron chi connectivity index (χ2n) is 7.92. The molecule has 2 aromatic rings. The standard InChI is InChI=1S/C21H28N2O4/c1-21(2,3)27-20(24)23-11-8-15(9-12-23)14-26-19-18-13-17(25-4)6-5-16(18)7-10-22-19/h5-7,10,13,15H,8-9,11-12,14H2,1-4H3. The molecule has 0 bridgehead atoms. The Hall–Kier alpha value is -2.50. The molecule has 0 aliphatic carbocycles. The fourth-order valence-electron chi connectivity index (χ4n) is 3.17. The number of pyridine rings is 1. The van der Waals surface area contributed by atoms with Gasteiger partial charge in [0, 0.05) is 24.7 Å². The number of carbonyl (C=O) groups excluding carboxylic acids is 1. The van der Waals surface area contributed by atoms with Crippen molar-refractivity contribution in [2.24, 2.45) is 5.92 Å². The van der Waals surface area contributed by atoms with Crippen LogP contribution in [0.15, 0.2) is 30.5 Å². The largest absolute Gasteiger partial charge is 0.497 e. The molecule has 1 fully saturated rings. The zero-order valence-electron chi connectivity index (χ0n) is 16.5. The van der Waals surface area contributed by atoms with Gasteiger partial charge in [0.25, 0.3) is 0 Å². The average Bonchev–Trinajstić information content (AvgIpc) is 2.65. The summed E-state index contributed by atoms with van der Waals surface area (Å²) in [4.78, 5) is 18.3. The van der Waals surface area contributed by atoms with Crippen molar-refractivity contribution in [3.8, 4) is 11.6 Å². The highest BCUT2D eigenvalue weighted by molar-refractivity contribution is 5.87. The lowest BCUT2D eigenvalue weighted by atomic mass is 9.98. The Kier molecular flexibility index (Phi) is 5.73. The Morgan fingerprint density at radius 2 is 1.96 bits per heavy atom. The zero-order valence-corrected chi connectivity index (χ0v) is 16.5. The lowest BCUT2D eigenvalue weighted by molar-refractivity contribution is 0.0164. The first-order valence-electron chi connectivity index (χ1n) is 9.39. The third-order valence-electron chi connectivity index (χ3n) is 4.66. The van der Waals surface area contributed by atoms with Gasteiger partial charge in [-0.25, -0.2) is 9.78 Å². The van der Waals surface area contributed by atoms with Crippen molar-refractivity contribution in [2.75, 3.05) is 26.8 Å². The van der Waals surface area contributed by atoms with Crippen LogP contribution in [0.5, 0.6) is 11.6 Å². The van der Waals surface area contributed by atoms with Crippen LogP contribution < -0.4 is 9.47 Å². The highest BCUT2D eigenvalue weighted by Crippen LogP contribution is 2.28. The van der Waals surface area contributed by atoms with Crippen LogP contribution in [0.25, 0.3) is 10.8 Å². The zero-order chi connectivity index (χ0) is 19.4. The molecule has 6 heteroatoms. The Morgan fingerprint density at radius 1 is 1.22 bits per heavy atom. The number of aromatic nitrogens is 1. The predicted molar refractivity (Wildman–Crippen MR) is 104 cm³/mol. The SMILES string of the molecule is COc1ccc2ccnc(OCC3CCN(C(=O)OC(C)(C)C)CC3)c2c1. The van der Waals surface area contributed by atoms with Gasteiger partial charge in [-0.3, -0.25) is 0 Å². The molecule has 1 aliphatic heterocycles. The van der Waals surface area contributed by atoms with Crippen LogP contribution in [0, 0.1) is 5.92 Å². The molecule has 27 heavy (non-hydrogen) atoms. The number of carbonyl (C=O) groups is 1. The van der Waals surface area contributed by atoms with E-state index < -0.39 is 5.60 Å². The van der Waals surface area contributed by atoms with E-state index in [1.54, 1.807) is 18.2 Å². The van der Waals surface area contributed by atoms with Gasteiger partial charge in [-0.1, -0.05) is 6.07 Å². The molecule has 3 rings (SSSR count). The quantitative estimate of drug-likeness (QED) is 0.802. The lowest BCUT2D eigenvalue weighted by Gasteiger charge is -2.33. The Labute approximate surface area is 160 Å². The number of hydrogen-bond acceptors (Lipinski definition) is 5. The van der Waals surface area contributed by atoms with E-state index in [0.717, 1.165) is 29.4 Å². The van der Waals surface area contributed by atoms with Gasteiger partial charge >= 0.3 is 6.09 Å². The molecule has 146 valence electrons.